The topological polar surface area (TPSA) is 73.2 Å². The van der Waals surface area contributed by atoms with E-state index < -0.39 is 0 Å². The van der Waals surface area contributed by atoms with E-state index in [0.717, 1.165) is 39.7 Å². The van der Waals surface area contributed by atoms with Crippen LogP contribution in [-0.4, -0.2) is 28.3 Å². The number of amides is 1. The molecule has 0 aliphatic heterocycles. The first-order valence-corrected chi connectivity index (χ1v) is 11.6. The molecule has 0 aliphatic carbocycles. The Balaban J connectivity index is 1.49. The summed E-state index contributed by atoms with van der Waals surface area (Å²) in [5.41, 5.74) is 4.48. The molecule has 1 N–H and O–H groups in total. The van der Waals surface area contributed by atoms with Crippen molar-refractivity contribution in [3.05, 3.63) is 99.8 Å². The number of para-hydroxylation sites is 2. The number of thioether (sulfide) groups is 1. The molecule has 0 radical (unpaired) electrons. The zero-order valence-corrected chi connectivity index (χ0v) is 19.4. The van der Waals surface area contributed by atoms with Crippen molar-refractivity contribution in [2.24, 2.45) is 0 Å². The molecule has 1 amide bonds. The molecule has 0 atom stereocenters. The summed E-state index contributed by atoms with van der Waals surface area (Å²) in [4.78, 5) is 30.2. The van der Waals surface area contributed by atoms with E-state index >= 15 is 0 Å². The number of aromatic nitrogens is 2. The molecule has 1 aromatic heterocycles. The molecule has 0 fully saturated rings. The highest BCUT2D eigenvalue weighted by molar-refractivity contribution is 7.99. The van der Waals surface area contributed by atoms with Crippen LogP contribution in [0.1, 0.15) is 16.7 Å². The van der Waals surface area contributed by atoms with E-state index in [4.69, 9.17) is 4.74 Å². The van der Waals surface area contributed by atoms with Gasteiger partial charge in [-0.15, -0.1) is 0 Å². The largest absolute Gasteiger partial charge is 0.497 e. The van der Waals surface area contributed by atoms with E-state index in [2.05, 4.69) is 10.3 Å². The molecular weight excluding hydrogens is 434 g/mol. The smallest absolute Gasteiger partial charge is 0.283 e. The number of fused-ring (bicyclic) bond motifs is 1. The number of hydrogen-bond donors (Lipinski definition) is 1. The number of benzene rings is 3. The van der Waals surface area contributed by atoms with Crippen molar-refractivity contribution >= 4 is 28.7 Å². The molecule has 168 valence electrons. The zero-order chi connectivity index (χ0) is 23.2. The number of carbonyl (C=O) groups excluding carboxylic acids is 1. The monoisotopic (exact) mass is 459 g/mol. The molecular formula is C26H25N3O3S. The van der Waals surface area contributed by atoms with Gasteiger partial charge in [0, 0.05) is 6.54 Å². The molecule has 1 heterocycles. The lowest BCUT2D eigenvalue weighted by atomic mass is 10.1. The second kappa shape index (κ2) is 10.4. The predicted octanol–water partition coefficient (Wildman–Crippen LogP) is 4.17. The second-order valence-electron chi connectivity index (χ2n) is 7.70. The molecule has 4 rings (SSSR count). The maximum absolute atomic E-state index is 13.2. The van der Waals surface area contributed by atoms with Gasteiger partial charge in [-0.05, 0) is 42.3 Å². The fraction of sp³-hybridized carbons (Fsp3) is 0.192. The van der Waals surface area contributed by atoms with Crippen LogP contribution in [0.3, 0.4) is 0 Å². The predicted molar refractivity (Wildman–Crippen MR) is 132 cm³/mol. The van der Waals surface area contributed by atoms with E-state index in [-0.39, 0.29) is 17.2 Å². The minimum atomic E-state index is -0.192. The van der Waals surface area contributed by atoms with Crippen LogP contribution < -0.4 is 15.6 Å². The Morgan fingerprint density at radius 1 is 1.00 bits per heavy atom. The average molecular weight is 460 g/mol. The van der Waals surface area contributed by atoms with Gasteiger partial charge in [-0.1, -0.05) is 65.9 Å². The Kier molecular flexibility index (Phi) is 7.10. The van der Waals surface area contributed by atoms with Gasteiger partial charge in [0.05, 0.1) is 30.4 Å². The van der Waals surface area contributed by atoms with Crippen LogP contribution >= 0.6 is 11.8 Å². The van der Waals surface area contributed by atoms with Crippen LogP contribution in [0.4, 0.5) is 0 Å². The van der Waals surface area contributed by atoms with Crippen molar-refractivity contribution in [2.75, 3.05) is 12.9 Å². The Morgan fingerprint density at radius 3 is 2.42 bits per heavy atom. The molecule has 3 aromatic carbocycles. The van der Waals surface area contributed by atoms with Gasteiger partial charge in [-0.3, -0.25) is 14.2 Å². The molecule has 33 heavy (non-hydrogen) atoms. The average Bonchev–Trinajstić information content (AvgIpc) is 2.85. The Bertz CT molecular complexity index is 1320. The summed E-state index contributed by atoms with van der Waals surface area (Å²) < 4.78 is 6.87. The Hall–Kier alpha value is -3.58. The molecule has 0 saturated carbocycles. The van der Waals surface area contributed by atoms with Gasteiger partial charge >= 0.3 is 0 Å². The van der Waals surface area contributed by atoms with Gasteiger partial charge in [-0.2, -0.15) is 0 Å². The zero-order valence-electron chi connectivity index (χ0n) is 18.6. The number of ether oxygens (including phenoxy) is 1. The quantitative estimate of drug-likeness (QED) is 0.401. The van der Waals surface area contributed by atoms with E-state index in [1.54, 1.807) is 11.7 Å². The number of methoxy groups -OCH3 is 1. The third-order valence-electron chi connectivity index (χ3n) is 5.27. The van der Waals surface area contributed by atoms with Crippen LogP contribution in [0.15, 0.2) is 82.6 Å². The summed E-state index contributed by atoms with van der Waals surface area (Å²) in [7, 11) is 1.61. The van der Waals surface area contributed by atoms with Crippen molar-refractivity contribution in [1.29, 1.82) is 0 Å². The Labute approximate surface area is 196 Å². The third-order valence-corrected chi connectivity index (χ3v) is 6.22. The maximum Gasteiger partial charge on any atom is 0.283 e. The van der Waals surface area contributed by atoms with Gasteiger partial charge in [0.15, 0.2) is 5.03 Å². The molecule has 6 nitrogen and oxygen atoms in total. The van der Waals surface area contributed by atoms with Gasteiger partial charge in [0.25, 0.3) is 5.56 Å². The van der Waals surface area contributed by atoms with Crippen LogP contribution in [0.5, 0.6) is 5.75 Å². The van der Waals surface area contributed by atoms with E-state index in [1.807, 2.05) is 79.7 Å². The van der Waals surface area contributed by atoms with Gasteiger partial charge < -0.3 is 10.1 Å². The second-order valence-corrected chi connectivity index (χ2v) is 8.66. The lowest BCUT2D eigenvalue weighted by molar-refractivity contribution is -0.118. The van der Waals surface area contributed by atoms with Crippen LogP contribution in [0.25, 0.3) is 11.0 Å². The lowest BCUT2D eigenvalue weighted by Gasteiger charge is -2.12. The summed E-state index contributed by atoms with van der Waals surface area (Å²) in [6.45, 7) is 2.89. The van der Waals surface area contributed by atoms with Gasteiger partial charge in [-0.25, -0.2) is 4.98 Å². The number of rotatable bonds is 8. The van der Waals surface area contributed by atoms with Crippen molar-refractivity contribution in [1.82, 2.24) is 14.9 Å². The third kappa shape index (κ3) is 5.62. The summed E-state index contributed by atoms with van der Waals surface area (Å²) in [5, 5.41) is 3.21. The van der Waals surface area contributed by atoms with Crippen molar-refractivity contribution < 1.29 is 9.53 Å². The summed E-state index contributed by atoms with van der Waals surface area (Å²) >= 11 is 1.16. The summed E-state index contributed by atoms with van der Waals surface area (Å²) in [6.07, 6.45) is 0. The fourth-order valence-electron chi connectivity index (χ4n) is 3.43. The number of hydrogen-bond acceptors (Lipinski definition) is 5. The number of carbonyl (C=O) groups is 1. The maximum atomic E-state index is 13.2. The lowest BCUT2D eigenvalue weighted by Crippen LogP contribution is -2.27. The molecule has 4 aromatic rings. The first kappa shape index (κ1) is 22.6. The molecule has 0 aliphatic rings. The SMILES string of the molecule is COc1ccc(CNC(=O)CSc2nc3ccccc3n(Cc3ccc(C)cc3)c2=O)cc1. The van der Waals surface area contributed by atoms with E-state index in [0.29, 0.717) is 18.1 Å². The van der Waals surface area contributed by atoms with Crippen molar-refractivity contribution in [2.45, 2.75) is 25.0 Å². The highest BCUT2D eigenvalue weighted by Crippen LogP contribution is 2.18. The molecule has 0 bridgehead atoms. The number of nitrogens with one attached hydrogen (secondary N) is 1. The highest BCUT2D eigenvalue weighted by Gasteiger charge is 2.14. The normalized spacial score (nSPS) is 10.8. The Morgan fingerprint density at radius 2 is 1.70 bits per heavy atom. The fourth-order valence-corrected chi connectivity index (χ4v) is 4.19. The minimum Gasteiger partial charge on any atom is -0.497 e. The van der Waals surface area contributed by atoms with Crippen LogP contribution in [-0.2, 0) is 17.9 Å². The standard InChI is InChI=1S/C26H25N3O3S/c1-18-7-9-20(10-8-18)16-29-23-6-4-3-5-22(23)28-25(26(29)31)33-17-24(30)27-15-19-11-13-21(32-2)14-12-19/h3-14H,15-17H2,1-2H3,(H,27,30). The van der Waals surface area contributed by atoms with Crippen LogP contribution in [0, 0.1) is 6.92 Å². The first-order chi connectivity index (χ1) is 16.0. The number of nitrogens with zero attached hydrogens (tertiary/aromatic N) is 2. The van der Waals surface area contributed by atoms with Gasteiger partial charge in [0.2, 0.25) is 5.91 Å². The molecule has 0 spiro atoms. The summed E-state index contributed by atoms with van der Waals surface area (Å²) in [6, 6.07) is 23.2. The summed E-state index contributed by atoms with van der Waals surface area (Å²) in [5.74, 6) is 0.724. The molecule has 0 unspecified atom stereocenters. The highest BCUT2D eigenvalue weighted by atomic mass is 32.2. The molecule has 7 heteroatoms. The van der Waals surface area contributed by atoms with E-state index in [9.17, 15) is 9.59 Å². The van der Waals surface area contributed by atoms with Crippen molar-refractivity contribution in [3.8, 4) is 5.75 Å². The van der Waals surface area contributed by atoms with Crippen LogP contribution in [0.2, 0.25) is 0 Å². The first-order valence-electron chi connectivity index (χ1n) is 10.6. The van der Waals surface area contributed by atoms with Crippen molar-refractivity contribution in [3.63, 3.8) is 0 Å². The minimum absolute atomic E-state index is 0.112. The molecule has 0 saturated heterocycles. The van der Waals surface area contributed by atoms with E-state index in [1.165, 1.54) is 5.56 Å². The number of aryl methyl sites for hydroxylation is 1. The van der Waals surface area contributed by atoms with Gasteiger partial charge in [0.1, 0.15) is 5.75 Å².